The maximum Gasteiger partial charge on any atom is 0.306 e. The molecular formula is C11H13ClN2O4. The molecule has 18 heavy (non-hydrogen) atoms. The highest BCUT2D eigenvalue weighted by atomic mass is 35.5. The number of halogens is 1. The van der Waals surface area contributed by atoms with Gasteiger partial charge in [-0.15, -0.1) is 0 Å². The first kappa shape index (κ1) is 14.4. The van der Waals surface area contributed by atoms with Crippen LogP contribution in [-0.2, 0) is 11.2 Å². The summed E-state index contributed by atoms with van der Waals surface area (Å²) in [6.07, 6.45) is 0.308. The molecule has 0 saturated heterocycles. The maximum atomic E-state index is 11.0. The molecule has 0 saturated carbocycles. The van der Waals surface area contributed by atoms with Crippen LogP contribution in [0.2, 0.25) is 5.02 Å². The molecule has 0 amide bonds. The van der Waals surface area contributed by atoms with Gasteiger partial charge in [0.25, 0.3) is 5.69 Å². The molecule has 0 aliphatic carbocycles. The number of hydrogen-bond acceptors (Lipinski definition) is 4. The highest BCUT2D eigenvalue weighted by molar-refractivity contribution is 6.30. The van der Waals surface area contributed by atoms with E-state index in [-0.39, 0.29) is 25.1 Å². The van der Waals surface area contributed by atoms with Crippen LogP contribution in [0.1, 0.15) is 12.0 Å². The summed E-state index contributed by atoms with van der Waals surface area (Å²) in [5.41, 5.74) is 5.52. The van der Waals surface area contributed by atoms with Crippen LogP contribution in [0.3, 0.4) is 0 Å². The zero-order valence-corrected chi connectivity index (χ0v) is 10.3. The lowest BCUT2D eigenvalue weighted by molar-refractivity contribution is -0.385. The van der Waals surface area contributed by atoms with Gasteiger partial charge in [0.15, 0.2) is 0 Å². The van der Waals surface area contributed by atoms with E-state index in [1.165, 1.54) is 18.2 Å². The van der Waals surface area contributed by atoms with E-state index in [2.05, 4.69) is 0 Å². The summed E-state index contributed by atoms with van der Waals surface area (Å²) in [5.74, 6) is -1.76. The lowest BCUT2D eigenvalue weighted by atomic mass is 9.95. The van der Waals surface area contributed by atoms with Gasteiger partial charge in [-0.05, 0) is 31.5 Å². The molecule has 0 heterocycles. The molecule has 0 fully saturated rings. The lowest BCUT2D eigenvalue weighted by Gasteiger charge is -2.11. The number of benzene rings is 1. The quantitative estimate of drug-likeness (QED) is 0.607. The van der Waals surface area contributed by atoms with Gasteiger partial charge in [0, 0.05) is 16.7 Å². The molecule has 1 aromatic carbocycles. The Morgan fingerprint density at radius 2 is 2.22 bits per heavy atom. The van der Waals surface area contributed by atoms with Gasteiger partial charge < -0.3 is 10.8 Å². The predicted octanol–water partition coefficient (Wildman–Crippen LogP) is 1.84. The van der Waals surface area contributed by atoms with Gasteiger partial charge in [-0.2, -0.15) is 0 Å². The minimum absolute atomic E-state index is 0.0450. The van der Waals surface area contributed by atoms with Crippen molar-refractivity contribution in [2.45, 2.75) is 12.8 Å². The Labute approximate surface area is 109 Å². The Bertz CT molecular complexity index is 464. The number of nitrogens with zero attached hydrogens (tertiary/aromatic N) is 1. The van der Waals surface area contributed by atoms with Crippen molar-refractivity contribution in [1.29, 1.82) is 0 Å². The van der Waals surface area contributed by atoms with Gasteiger partial charge in [-0.1, -0.05) is 11.6 Å². The molecule has 0 radical (unpaired) electrons. The maximum absolute atomic E-state index is 11.0. The fourth-order valence-corrected chi connectivity index (χ4v) is 1.87. The first-order chi connectivity index (χ1) is 8.45. The minimum Gasteiger partial charge on any atom is -0.481 e. The van der Waals surface area contributed by atoms with Gasteiger partial charge in [-0.25, -0.2) is 0 Å². The zero-order chi connectivity index (χ0) is 13.7. The molecule has 0 spiro atoms. The van der Waals surface area contributed by atoms with Crippen molar-refractivity contribution < 1.29 is 14.8 Å². The number of nitro benzene ring substituents is 1. The number of carboxylic acid groups (broad SMARTS) is 1. The highest BCUT2D eigenvalue weighted by Gasteiger charge is 2.22. The van der Waals surface area contributed by atoms with E-state index in [1.807, 2.05) is 0 Å². The van der Waals surface area contributed by atoms with Crippen molar-refractivity contribution >= 4 is 23.3 Å². The predicted molar refractivity (Wildman–Crippen MR) is 66.6 cm³/mol. The molecule has 0 aliphatic rings. The van der Waals surface area contributed by atoms with E-state index in [0.717, 1.165) is 0 Å². The van der Waals surface area contributed by atoms with Crippen molar-refractivity contribution in [2.24, 2.45) is 11.7 Å². The third-order valence-corrected chi connectivity index (χ3v) is 2.80. The van der Waals surface area contributed by atoms with E-state index >= 15 is 0 Å². The van der Waals surface area contributed by atoms with Crippen LogP contribution in [0, 0.1) is 16.0 Å². The molecule has 0 aromatic heterocycles. The van der Waals surface area contributed by atoms with E-state index in [0.29, 0.717) is 10.6 Å². The SMILES string of the molecule is NCCC(Cc1cc(Cl)ccc1[N+](=O)[O-])C(=O)O. The van der Waals surface area contributed by atoms with Gasteiger partial charge in [0.05, 0.1) is 10.8 Å². The molecule has 7 heteroatoms. The second-order valence-corrected chi connectivity index (χ2v) is 4.28. The second-order valence-electron chi connectivity index (χ2n) is 3.85. The standard InChI is InChI=1S/C11H13ClN2O4/c12-9-1-2-10(14(17)18)8(6-9)5-7(3-4-13)11(15)16/h1-2,6-7H,3-5,13H2,(H,15,16). The van der Waals surface area contributed by atoms with Crippen LogP contribution in [0.5, 0.6) is 0 Å². The summed E-state index contributed by atoms with van der Waals surface area (Å²) in [5, 5.41) is 20.2. The zero-order valence-electron chi connectivity index (χ0n) is 9.51. The molecule has 3 N–H and O–H groups in total. The molecule has 1 rings (SSSR count). The number of carbonyl (C=O) groups is 1. The van der Waals surface area contributed by atoms with E-state index in [9.17, 15) is 14.9 Å². The Morgan fingerprint density at radius 1 is 1.56 bits per heavy atom. The van der Waals surface area contributed by atoms with Crippen molar-refractivity contribution in [1.82, 2.24) is 0 Å². The van der Waals surface area contributed by atoms with Crippen molar-refractivity contribution in [3.05, 3.63) is 38.9 Å². The molecular weight excluding hydrogens is 260 g/mol. The fraction of sp³-hybridized carbons (Fsp3) is 0.364. The van der Waals surface area contributed by atoms with Gasteiger partial charge in [0.2, 0.25) is 0 Å². The monoisotopic (exact) mass is 272 g/mol. The Kier molecular flexibility index (Phi) is 5.06. The van der Waals surface area contributed by atoms with Crippen molar-refractivity contribution in [3.8, 4) is 0 Å². The summed E-state index contributed by atoms with van der Waals surface area (Å²) in [7, 11) is 0. The number of rotatable bonds is 6. The molecule has 1 unspecified atom stereocenters. The first-order valence-corrected chi connectivity index (χ1v) is 5.69. The molecule has 98 valence electrons. The summed E-state index contributed by atoms with van der Waals surface area (Å²) in [4.78, 5) is 21.3. The van der Waals surface area contributed by atoms with Crippen LogP contribution < -0.4 is 5.73 Å². The van der Waals surface area contributed by atoms with Crippen LogP contribution in [0.4, 0.5) is 5.69 Å². The average Bonchev–Trinajstić information content (AvgIpc) is 2.28. The molecule has 0 aliphatic heterocycles. The van der Waals surface area contributed by atoms with Crippen LogP contribution in [-0.4, -0.2) is 22.5 Å². The van der Waals surface area contributed by atoms with Crippen LogP contribution in [0.25, 0.3) is 0 Å². The van der Waals surface area contributed by atoms with Gasteiger partial charge in [-0.3, -0.25) is 14.9 Å². The summed E-state index contributed by atoms with van der Waals surface area (Å²) in [6, 6.07) is 4.10. The average molecular weight is 273 g/mol. The topological polar surface area (TPSA) is 106 Å². The molecule has 1 atom stereocenters. The summed E-state index contributed by atoms with van der Waals surface area (Å²) >= 11 is 5.77. The third-order valence-electron chi connectivity index (χ3n) is 2.57. The number of hydrogen-bond donors (Lipinski definition) is 2. The van der Waals surface area contributed by atoms with Crippen molar-refractivity contribution in [2.75, 3.05) is 6.54 Å². The smallest absolute Gasteiger partial charge is 0.306 e. The van der Waals surface area contributed by atoms with Crippen LogP contribution >= 0.6 is 11.6 Å². The number of nitrogens with two attached hydrogens (primary N) is 1. The van der Waals surface area contributed by atoms with E-state index in [4.69, 9.17) is 22.4 Å². The second kappa shape index (κ2) is 6.32. The van der Waals surface area contributed by atoms with Gasteiger partial charge in [0.1, 0.15) is 0 Å². The minimum atomic E-state index is -1.02. The Balaban J connectivity index is 3.03. The normalized spacial score (nSPS) is 12.1. The van der Waals surface area contributed by atoms with Crippen molar-refractivity contribution in [3.63, 3.8) is 0 Å². The third kappa shape index (κ3) is 3.68. The van der Waals surface area contributed by atoms with E-state index in [1.54, 1.807) is 0 Å². The molecule has 6 nitrogen and oxygen atoms in total. The summed E-state index contributed by atoms with van der Waals surface area (Å²) in [6.45, 7) is 0.214. The highest BCUT2D eigenvalue weighted by Crippen LogP contribution is 2.26. The fourth-order valence-electron chi connectivity index (χ4n) is 1.68. The molecule has 0 bridgehead atoms. The number of carboxylic acids is 1. The number of nitro groups is 1. The Morgan fingerprint density at radius 3 is 2.72 bits per heavy atom. The number of aliphatic carboxylic acids is 1. The molecule has 1 aromatic rings. The summed E-state index contributed by atoms with van der Waals surface area (Å²) < 4.78 is 0. The Hall–Kier alpha value is -1.66. The largest absolute Gasteiger partial charge is 0.481 e. The van der Waals surface area contributed by atoms with Crippen LogP contribution in [0.15, 0.2) is 18.2 Å². The first-order valence-electron chi connectivity index (χ1n) is 5.31. The van der Waals surface area contributed by atoms with E-state index < -0.39 is 16.8 Å². The lowest BCUT2D eigenvalue weighted by Crippen LogP contribution is -2.20. The van der Waals surface area contributed by atoms with Gasteiger partial charge >= 0.3 is 5.97 Å².